The highest BCUT2D eigenvalue weighted by Gasteiger charge is 2.22. The summed E-state index contributed by atoms with van der Waals surface area (Å²) in [7, 11) is 0. The van der Waals surface area contributed by atoms with Gasteiger partial charge in [-0.3, -0.25) is 14.9 Å². The van der Waals surface area contributed by atoms with Crippen LogP contribution in [0.4, 0.5) is 10.8 Å². The van der Waals surface area contributed by atoms with Crippen molar-refractivity contribution in [3.05, 3.63) is 29.6 Å². The molecule has 1 aliphatic rings. The summed E-state index contributed by atoms with van der Waals surface area (Å²) < 4.78 is 5.42. The molecule has 1 saturated heterocycles. The topological polar surface area (TPSA) is 92.4 Å². The van der Waals surface area contributed by atoms with Gasteiger partial charge in [-0.25, -0.2) is 4.98 Å². The highest BCUT2D eigenvalue weighted by Crippen LogP contribution is 2.26. The summed E-state index contributed by atoms with van der Waals surface area (Å²) in [6, 6.07) is 7.38. The van der Waals surface area contributed by atoms with E-state index < -0.39 is 6.10 Å². The zero-order chi connectivity index (χ0) is 16.9. The van der Waals surface area contributed by atoms with Crippen LogP contribution in [0.2, 0.25) is 0 Å². The molecule has 0 aliphatic carbocycles. The van der Waals surface area contributed by atoms with Crippen LogP contribution in [0.5, 0.6) is 0 Å². The van der Waals surface area contributed by atoms with E-state index in [0.29, 0.717) is 18.3 Å². The summed E-state index contributed by atoms with van der Waals surface area (Å²) in [4.78, 5) is 27.6. The van der Waals surface area contributed by atoms with Gasteiger partial charge < -0.3 is 15.4 Å². The summed E-state index contributed by atoms with van der Waals surface area (Å²) in [5.41, 5.74) is 2.42. The van der Waals surface area contributed by atoms with Gasteiger partial charge in [0.05, 0.1) is 12.3 Å². The van der Waals surface area contributed by atoms with Gasteiger partial charge in [-0.15, -0.1) is 11.3 Å². The highest BCUT2D eigenvalue weighted by atomic mass is 32.1. The van der Waals surface area contributed by atoms with E-state index >= 15 is 0 Å². The number of aromatic nitrogens is 1. The number of amides is 2. The first kappa shape index (κ1) is 16.6. The van der Waals surface area contributed by atoms with Crippen LogP contribution in [-0.2, 0) is 14.3 Å². The standard InChI is InChI=1S/C16H18N4O3S/c1-10(21)18-12-4-2-11(3-5-12)13-9-24-16(19-13)20-15(22)14-8-17-6-7-23-14/h2-5,9,14,17H,6-8H2,1H3,(H,18,21)(H,19,20,22). The van der Waals surface area contributed by atoms with Gasteiger partial charge in [-0.2, -0.15) is 0 Å². The number of hydrogen-bond donors (Lipinski definition) is 3. The van der Waals surface area contributed by atoms with E-state index in [0.717, 1.165) is 23.5 Å². The normalized spacial score (nSPS) is 17.3. The second kappa shape index (κ2) is 7.52. The number of morpholine rings is 1. The van der Waals surface area contributed by atoms with E-state index in [9.17, 15) is 9.59 Å². The quantitative estimate of drug-likeness (QED) is 0.784. The van der Waals surface area contributed by atoms with Crippen molar-refractivity contribution in [1.82, 2.24) is 10.3 Å². The van der Waals surface area contributed by atoms with Crippen molar-refractivity contribution in [2.45, 2.75) is 13.0 Å². The van der Waals surface area contributed by atoms with Crippen LogP contribution in [-0.4, -0.2) is 42.6 Å². The van der Waals surface area contributed by atoms with Crippen LogP contribution >= 0.6 is 11.3 Å². The molecule has 1 aromatic heterocycles. The number of nitrogens with one attached hydrogen (secondary N) is 3. The van der Waals surface area contributed by atoms with Crippen LogP contribution in [0, 0.1) is 0 Å². The molecular formula is C16H18N4O3S. The van der Waals surface area contributed by atoms with E-state index in [1.807, 2.05) is 29.6 Å². The lowest BCUT2D eigenvalue weighted by Crippen LogP contribution is -2.45. The predicted octanol–water partition coefficient (Wildman–Crippen LogP) is 1.70. The van der Waals surface area contributed by atoms with Gasteiger partial charge in [0.2, 0.25) is 5.91 Å². The number of benzene rings is 1. The molecule has 1 aliphatic heterocycles. The maximum absolute atomic E-state index is 12.1. The predicted molar refractivity (Wildman–Crippen MR) is 93.1 cm³/mol. The molecule has 0 bridgehead atoms. The largest absolute Gasteiger partial charge is 0.366 e. The van der Waals surface area contributed by atoms with Gasteiger partial charge in [-0.05, 0) is 12.1 Å². The molecule has 1 aromatic carbocycles. The lowest BCUT2D eigenvalue weighted by molar-refractivity contribution is -0.128. The van der Waals surface area contributed by atoms with Gasteiger partial charge in [-0.1, -0.05) is 12.1 Å². The molecule has 7 nitrogen and oxygen atoms in total. The molecule has 2 aromatic rings. The van der Waals surface area contributed by atoms with E-state index in [1.165, 1.54) is 18.3 Å². The molecule has 1 fully saturated rings. The van der Waals surface area contributed by atoms with Crippen molar-refractivity contribution < 1.29 is 14.3 Å². The third kappa shape index (κ3) is 4.16. The van der Waals surface area contributed by atoms with Crippen molar-refractivity contribution in [2.24, 2.45) is 0 Å². The van der Waals surface area contributed by atoms with E-state index in [4.69, 9.17) is 4.74 Å². The highest BCUT2D eigenvalue weighted by molar-refractivity contribution is 7.14. The molecule has 3 rings (SSSR count). The molecule has 3 N–H and O–H groups in total. The van der Waals surface area contributed by atoms with Crippen molar-refractivity contribution in [3.63, 3.8) is 0 Å². The molecular weight excluding hydrogens is 328 g/mol. The monoisotopic (exact) mass is 346 g/mol. The Morgan fingerprint density at radius 1 is 1.29 bits per heavy atom. The van der Waals surface area contributed by atoms with Crippen LogP contribution in [0.25, 0.3) is 11.3 Å². The number of carbonyl (C=O) groups is 2. The third-order valence-electron chi connectivity index (χ3n) is 3.46. The number of carbonyl (C=O) groups excluding carboxylic acids is 2. The third-order valence-corrected chi connectivity index (χ3v) is 4.21. The van der Waals surface area contributed by atoms with E-state index in [2.05, 4.69) is 20.9 Å². The summed E-state index contributed by atoms with van der Waals surface area (Å²) >= 11 is 1.36. The van der Waals surface area contributed by atoms with Crippen LogP contribution in [0.1, 0.15) is 6.92 Å². The first-order chi connectivity index (χ1) is 11.6. The summed E-state index contributed by atoms with van der Waals surface area (Å²) in [5, 5.41) is 11.0. The number of ether oxygens (including phenoxy) is 1. The zero-order valence-electron chi connectivity index (χ0n) is 13.2. The number of hydrogen-bond acceptors (Lipinski definition) is 6. The SMILES string of the molecule is CC(=O)Nc1ccc(-c2csc(NC(=O)C3CNCCO3)n2)cc1. The second-order valence-electron chi connectivity index (χ2n) is 5.35. The van der Waals surface area contributed by atoms with Crippen LogP contribution < -0.4 is 16.0 Å². The van der Waals surface area contributed by atoms with Crippen molar-refractivity contribution >= 4 is 34.0 Å². The maximum Gasteiger partial charge on any atom is 0.256 e. The molecule has 24 heavy (non-hydrogen) atoms. The first-order valence-electron chi connectivity index (χ1n) is 7.58. The minimum Gasteiger partial charge on any atom is -0.366 e. The Bertz CT molecular complexity index is 723. The molecule has 8 heteroatoms. The summed E-state index contributed by atoms with van der Waals surface area (Å²) in [6.07, 6.45) is -0.483. The number of rotatable bonds is 4. The van der Waals surface area contributed by atoms with E-state index in [-0.39, 0.29) is 11.8 Å². The van der Waals surface area contributed by atoms with Gasteiger partial charge in [0.15, 0.2) is 5.13 Å². The van der Waals surface area contributed by atoms with Gasteiger partial charge in [0, 0.05) is 36.6 Å². The fraction of sp³-hybridized carbons (Fsp3) is 0.312. The molecule has 1 unspecified atom stereocenters. The van der Waals surface area contributed by atoms with Crippen molar-refractivity contribution in [2.75, 3.05) is 30.3 Å². The van der Waals surface area contributed by atoms with Crippen LogP contribution in [0.15, 0.2) is 29.6 Å². The Balaban J connectivity index is 1.64. The number of nitrogens with zero attached hydrogens (tertiary/aromatic N) is 1. The number of anilines is 2. The molecule has 1 atom stereocenters. The lowest BCUT2D eigenvalue weighted by atomic mass is 10.1. The molecule has 126 valence electrons. The maximum atomic E-state index is 12.1. The van der Waals surface area contributed by atoms with Gasteiger partial charge in [0.1, 0.15) is 6.10 Å². The average molecular weight is 346 g/mol. The van der Waals surface area contributed by atoms with Gasteiger partial charge in [0.25, 0.3) is 5.91 Å². The molecule has 0 saturated carbocycles. The fourth-order valence-corrected chi connectivity index (χ4v) is 3.03. The van der Waals surface area contributed by atoms with Crippen molar-refractivity contribution in [3.8, 4) is 11.3 Å². The average Bonchev–Trinajstić information content (AvgIpc) is 3.04. The van der Waals surface area contributed by atoms with Crippen LogP contribution in [0.3, 0.4) is 0 Å². The Kier molecular flexibility index (Phi) is 5.19. The first-order valence-corrected chi connectivity index (χ1v) is 8.46. The van der Waals surface area contributed by atoms with Gasteiger partial charge >= 0.3 is 0 Å². The lowest BCUT2D eigenvalue weighted by Gasteiger charge is -2.22. The second-order valence-corrected chi connectivity index (χ2v) is 6.21. The summed E-state index contributed by atoms with van der Waals surface area (Å²) in [5.74, 6) is -0.301. The zero-order valence-corrected chi connectivity index (χ0v) is 14.0. The number of thiazole rings is 1. The minimum atomic E-state index is -0.483. The minimum absolute atomic E-state index is 0.110. The molecule has 2 heterocycles. The van der Waals surface area contributed by atoms with E-state index in [1.54, 1.807) is 0 Å². The Morgan fingerprint density at radius 3 is 2.75 bits per heavy atom. The van der Waals surface area contributed by atoms with Crippen molar-refractivity contribution in [1.29, 1.82) is 0 Å². The Labute approximate surface area is 143 Å². The summed E-state index contributed by atoms with van der Waals surface area (Å²) in [6.45, 7) is 3.27. The Hall–Kier alpha value is -2.29. The molecule has 2 amide bonds. The molecule has 0 radical (unpaired) electrons. The fourth-order valence-electron chi connectivity index (χ4n) is 2.31. The Morgan fingerprint density at radius 2 is 2.08 bits per heavy atom. The molecule has 0 spiro atoms. The smallest absolute Gasteiger partial charge is 0.256 e.